The van der Waals surface area contributed by atoms with Gasteiger partial charge >= 0.3 is 0 Å². The highest BCUT2D eigenvalue weighted by atomic mass is 32.1. The van der Waals surface area contributed by atoms with Crippen LogP contribution in [0.4, 0.5) is 0 Å². The molecule has 0 amide bonds. The summed E-state index contributed by atoms with van der Waals surface area (Å²) in [6.45, 7) is 2.03. The highest BCUT2D eigenvalue weighted by molar-refractivity contribution is 7.16. The zero-order chi connectivity index (χ0) is 10.1. The standard InChI is InChI=1S/C7H10N4O2S/c1-4(12)6-10-11-5(3-13-2)8-9-7(11)14-6/h4,12H,3H2,1-2H3. The fourth-order valence-corrected chi connectivity index (χ4v) is 1.85. The van der Waals surface area contributed by atoms with Crippen LogP contribution in [0.1, 0.15) is 23.9 Å². The predicted octanol–water partition coefficient (Wildman–Crippen LogP) is 0.386. The normalized spacial score (nSPS) is 13.6. The Morgan fingerprint density at radius 2 is 2.36 bits per heavy atom. The first-order valence-corrected chi connectivity index (χ1v) is 4.92. The largest absolute Gasteiger partial charge is 0.386 e. The molecule has 2 aromatic rings. The highest BCUT2D eigenvalue weighted by Crippen LogP contribution is 2.19. The van der Waals surface area contributed by atoms with Gasteiger partial charge in [0.25, 0.3) is 0 Å². The van der Waals surface area contributed by atoms with Crippen molar-refractivity contribution < 1.29 is 9.84 Å². The molecule has 1 unspecified atom stereocenters. The SMILES string of the molecule is COCc1nnc2sc(C(C)O)nn12. The average molecular weight is 214 g/mol. The first-order valence-electron chi connectivity index (χ1n) is 4.10. The van der Waals surface area contributed by atoms with Crippen LogP contribution in [0, 0.1) is 0 Å². The van der Waals surface area contributed by atoms with Crippen molar-refractivity contribution in [2.45, 2.75) is 19.6 Å². The van der Waals surface area contributed by atoms with E-state index < -0.39 is 6.10 Å². The van der Waals surface area contributed by atoms with E-state index in [0.29, 0.717) is 22.4 Å². The van der Waals surface area contributed by atoms with Crippen molar-refractivity contribution in [3.8, 4) is 0 Å². The third kappa shape index (κ3) is 1.49. The molecule has 7 heteroatoms. The summed E-state index contributed by atoms with van der Waals surface area (Å²) in [4.78, 5) is 0.674. The molecule has 0 fully saturated rings. The van der Waals surface area contributed by atoms with E-state index in [2.05, 4.69) is 15.3 Å². The maximum atomic E-state index is 9.32. The lowest BCUT2D eigenvalue weighted by molar-refractivity contribution is 0.175. The molecule has 6 nitrogen and oxygen atoms in total. The van der Waals surface area contributed by atoms with Crippen LogP contribution in [-0.4, -0.2) is 32.0 Å². The summed E-state index contributed by atoms with van der Waals surface area (Å²) in [5.41, 5.74) is 0. The van der Waals surface area contributed by atoms with Gasteiger partial charge in [-0.25, -0.2) is 0 Å². The van der Waals surface area contributed by atoms with Gasteiger partial charge in [-0.05, 0) is 6.92 Å². The molecule has 0 aromatic carbocycles. The monoisotopic (exact) mass is 214 g/mol. The number of rotatable bonds is 3. The minimum atomic E-state index is -0.572. The molecule has 2 rings (SSSR count). The molecule has 0 aliphatic carbocycles. The summed E-state index contributed by atoms with van der Waals surface area (Å²) in [5.74, 6) is 0.644. The van der Waals surface area contributed by atoms with Crippen molar-refractivity contribution in [1.29, 1.82) is 0 Å². The lowest BCUT2D eigenvalue weighted by atomic mass is 10.4. The number of aliphatic hydroxyl groups excluding tert-OH is 1. The van der Waals surface area contributed by atoms with Crippen LogP contribution in [0.5, 0.6) is 0 Å². The Hall–Kier alpha value is -1.05. The predicted molar refractivity (Wildman–Crippen MR) is 50.0 cm³/mol. The Kier molecular flexibility index (Phi) is 2.44. The first kappa shape index (κ1) is 9.50. The summed E-state index contributed by atoms with van der Waals surface area (Å²) in [5, 5.41) is 21.9. The summed E-state index contributed by atoms with van der Waals surface area (Å²) in [6, 6.07) is 0. The fraction of sp³-hybridized carbons (Fsp3) is 0.571. The number of methoxy groups -OCH3 is 1. The molecule has 2 aromatic heterocycles. The van der Waals surface area contributed by atoms with Gasteiger partial charge in [0.05, 0.1) is 0 Å². The van der Waals surface area contributed by atoms with E-state index in [1.807, 2.05) is 0 Å². The van der Waals surface area contributed by atoms with Gasteiger partial charge in [-0.3, -0.25) is 0 Å². The van der Waals surface area contributed by atoms with Gasteiger partial charge in [0.2, 0.25) is 4.96 Å². The van der Waals surface area contributed by atoms with Gasteiger partial charge in [-0.2, -0.15) is 9.61 Å². The van der Waals surface area contributed by atoms with Crippen LogP contribution in [0.3, 0.4) is 0 Å². The van der Waals surface area contributed by atoms with Crippen molar-refractivity contribution in [3.05, 3.63) is 10.8 Å². The molecule has 0 radical (unpaired) electrons. The molecule has 2 heterocycles. The number of aliphatic hydroxyl groups is 1. The topological polar surface area (TPSA) is 72.5 Å². The average Bonchev–Trinajstić information content (AvgIpc) is 2.67. The van der Waals surface area contributed by atoms with Crippen molar-refractivity contribution in [2.75, 3.05) is 7.11 Å². The van der Waals surface area contributed by atoms with Crippen LogP contribution in [-0.2, 0) is 11.3 Å². The van der Waals surface area contributed by atoms with Crippen molar-refractivity contribution >= 4 is 16.3 Å². The Bertz CT molecular complexity index is 436. The zero-order valence-corrected chi connectivity index (χ0v) is 8.65. The Morgan fingerprint density at radius 3 is 3.00 bits per heavy atom. The lowest BCUT2D eigenvalue weighted by Gasteiger charge is -1.95. The fourth-order valence-electron chi connectivity index (χ4n) is 1.06. The Labute approximate surface area is 84.2 Å². The first-order chi connectivity index (χ1) is 6.72. The van der Waals surface area contributed by atoms with E-state index >= 15 is 0 Å². The van der Waals surface area contributed by atoms with Gasteiger partial charge in [0.15, 0.2) is 5.82 Å². The maximum Gasteiger partial charge on any atom is 0.234 e. The van der Waals surface area contributed by atoms with Crippen molar-refractivity contribution in [2.24, 2.45) is 0 Å². The van der Waals surface area contributed by atoms with E-state index in [1.54, 1.807) is 18.5 Å². The van der Waals surface area contributed by atoms with Gasteiger partial charge < -0.3 is 9.84 Å². The number of hydrogen-bond acceptors (Lipinski definition) is 6. The van der Waals surface area contributed by atoms with Crippen molar-refractivity contribution in [3.63, 3.8) is 0 Å². The van der Waals surface area contributed by atoms with Crippen LogP contribution < -0.4 is 0 Å². The molecule has 76 valence electrons. The lowest BCUT2D eigenvalue weighted by Crippen LogP contribution is -1.99. The van der Waals surface area contributed by atoms with Gasteiger partial charge in [-0.1, -0.05) is 11.3 Å². The molecular weight excluding hydrogens is 204 g/mol. The van der Waals surface area contributed by atoms with Gasteiger partial charge in [-0.15, -0.1) is 10.2 Å². The molecule has 0 saturated carbocycles. The maximum absolute atomic E-state index is 9.32. The quantitative estimate of drug-likeness (QED) is 0.800. The number of ether oxygens (including phenoxy) is 1. The number of hydrogen-bond donors (Lipinski definition) is 1. The second kappa shape index (κ2) is 3.60. The van der Waals surface area contributed by atoms with Gasteiger partial charge in [0, 0.05) is 7.11 Å². The van der Waals surface area contributed by atoms with E-state index in [-0.39, 0.29) is 0 Å². The second-order valence-electron chi connectivity index (χ2n) is 2.86. The molecule has 14 heavy (non-hydrogen) atoms. The van der Waals surface area contributed by atoms with E-state index in [9.17, 15) is 5.11 Å². The summed E-state index contributed by atoms with van der Waals surface area (Å²) in [7, 11) is 1.59. The molecule has 0 aliphatic heterocycles. The van der Waals surface area contributed by atoms with Crippen LogP contribution in [0.15, 0.2) is 0 Å². The number of fused-ring (bicyclic) bond motifs is 1. The smallest absolute Gasteiger partial charge is 0.234 e. The van der Waals surface area contributed by atoms with Crippen LogP contribution in [0.2, 0.25) is 0 Å². The Morgan fingerprint density at radius 1 is 1.57 bits per heavy atom. The molecule has 1 atom stereocenters. The molecule has 0 bridgehead atoms. The van der Waals surface area contributed by atoms with Gasteiger partial charge in [0.1, 0.15) is 17.7 Å². The van der Waals surface area contributed by atoms with E-state index in [1.165, 1.54) is 11.3 Å². The molecular formula is C7H10N4O2S. The third-order valence-electron chi connectivity index (χ3n) is 1.70. The summed E-state index contributed by atoms with van der Waals surface area (Å²) < 4.78 is 6.54. The van der Waals surface area contributed by atoms with Crippen LogP contribution >= 0.6 is 11.3 Å². The number of aromatic nitrogens is 4. The zero-order valence-electron chi connectivity index (χ0n) is 7.84. The van der Waals surface area contributed by atoms with E-state index in [0.717, 1.165) is 0 Å². The summed E-state index contributed by atoms with van der Waals surface area (Å²) in [6.07, 6.45) is -0.572. The van der Waals surface area contributed by atoms with Crippen molar-refractivity contribution in [1.82, 2.24) is 19.8 Å². The minimum Gasteiger partial charge on any atom is -0.386 e. The van der Waals surface area contributed by atoms with Crippen LogP contribution in [0.25, 0.3) is 4.96 Å². The minimum absolute atomic E-state index is 0.365. The second-order valence-corrected chi connectivity index (χ2v) is 3.85. The highest BCUT2D eigenvalue weighted by Gasteiger charge is 2.13. The molecule has 1 N–H and O–H groups in total. The molecule has 0 aliphatic rings. The molecule has 0 saturated heterocycles. The Balaban J connectivity index is 2.45. The van der Waals surface area contributed by atoms with E-state index in [4.69, 9.17) is 4.74 Å². The molecule has 0 spiro atoms. The number of nitrogens with zero attached hydrogens (tertiary/aromatic N) is 4. The summed E-state index contributed by atoms with van der Waals surface area (Å²) >= 11 is 1.32. The third-order valence-corrected chi connectivity index (χ3v) is 2.77.